The van der Waals surface area contributed by atoms with E-state index in [1.165, 1.54) is 4.90 Å². The molecular weight excluding hydrogens is 482 g/mol. The number of Topliss-reactive ketones (excluding diaryl/α,β-unsaturated/α-hetero) is 1. The molecular formula is C31H31NO6. The van der Waals surface area contributed by atoms with Gasteiger partial charge in [-0.3, -0.25) is 9.59 Å². The van der Waals surface area contributed by atoms with Crippen LogP contribution in [0.15, 0.2) is 72.3 Å². The number of likely N-dealkylation sites (tertiary alicyclic amines) is 1. The van der Waals surface area contributed by atoms with Crippen LogP contribution in [-0.4, -0.2) is 41.0 Å². The Hall–Kier alpha value is -4.26. The molecule has 3 aromatic rings. The second kappa shape index (κ2) is 10.6. The van der Waals surface area contributed by atoms with Crippen molar-refractivity contribution in [2.75, 3.05) is 13.2 Å². The van der Waals surface area contributed by atoms with Crippen molar-refractivity contribution in [3.8, 4) is 17.2 Å². The summed E-state index contributed by atoms with van der Waals surface area (Å²) < 4.78 is 17.3. The van der Waals surface area contributed by atoms with Crippen LogP contribution in [0.4, 0.5) is 0 Å². The molecule has 5 rings (SSSR count). The summed E-state index contributed by atoms with van der Waals surface area (Å²) in [5, 5.41) is 11.5. The molecule has 2 atom stereocenters. The van der Waals surface area contributed by atoms with Crippen molar-refractivity contribution in [2.24, 2.45) is 0 Å². The SMILES string of the molecule is CCOc1ccc([C@H]2C(=C(O)c3ccc4c(c3)C[C@@H](C)O4)C(=O)C(=O)N2Cc2ccccc2)cc1OCC. The Balaban J connectivity index is 1.65. The first-order valence-corrected chi connectivity index (χ1v) is 12.9. The molecule has 0 bridgehead atoms. The summed E-state index contributed by atoms with van der Waals surface area (Å²) in [6, 6.07) is 19.4. The monoisotopic (exact) mass is 513 g/mol. The number of ether oxygens (including phenoxy) is 3. The van der Waals surface area contributed by atoms with E-state index in [1.54, 1.807) is 24.3 Å². The lowest BCUT2D eigenvalue weighted by atomic mass is 9.94. The molecule has 0 radical (unpaired) electrons. The normalized spacial score (nSPS) is 19.8. The van der Waals surface area contributed by atoms with Gasteiger partial charge >= 0.3 is 0 Å². The molecule has 3 aromatic carbocycles. The summed E-state index contributed by atoms with van der Waals surface area (Å²) in [6.07, 6.45) is 0.749. The molecule has 196 valence electrons. The Bertz CT molecular complexity index is 1400. The van der Waals surface area contributed by atoms with Crippen molar-refractivity contribution >= 4 is 17.4 Å². The van der Waals surface area contributed by atoms with Crippen LogP contribution in [0.1, 0.15) is 49.1 Å². The molecule has 0 spiro atoms. The summed E-state index contributed by atoms with van der Waals surface area (Å²) in [6.45, 7) is 6.84. The molecule has 0 aliphatic carbocycles. The molecule has 1 saturated heterocycles. The Morgan fingerprint density at radius 1 is 0.974 bits per heavy atom. The van der Waals surface area contributed by atoms with Gasteiger partial charge in [0.15, 0.2) is 11.5 Å². The van der Waals surface area contributed by atoms with Crippen LogP contribution in [0, 0.1) is 0 Å². The number of aliphatic hydroxyl groups is 1. The van der Waals surface area contributed by atoms with Crippen molar-refractivity contribution in [1.29, 1.82) is 0 Å². The Labute approximate surface area is 222 Å². The van der Waals surface area contributed by atoms with E-state index in [0.29, 0.717) is 42.3 Å². The topological polar surface area (TPSA) is 85.3 Å². The molecule has 0 aromatic heterocycles. The molecule has 7 nitrogen and oxygen atoms in total. The lowest BCUT2D eigenvalue weighted by Gasteiger charge is -2.26. The molecule has 0 unspecified atom stereocenters. The highest BCUT2D eigenvalue weighted by atomic mass is 16.5. The maximum atomic E-state index is 13.5. The van der Waals surface area contributed by atoms with Crippen molar-refractivity contribution < 1.29 is 28.9 Å². The third-order valence-electron chi connectivity index (χ3n) is 6.79. The zero-order chi connectivity index (χ0) is 26.8. The number of hydrogen-bond donors (Lipinski definition) is 1. The fraction of sp³-hybridized carbons (Fsp3) is 0.290. The van der Waals surface area contributed by atoms with E-state index in [-0.39, 0.29) is 24.0 Å². The predicted molar refractivity (Wildman–Crippen MR) is 143 cm³/mol. The number of carbonyl (C=O) groups is 2. The summed E-state index contributed by atoms with van der Waals surface area (Å²) >= 11 is 0. The number of nitrogens with zero attached hydrogens (tertiary/aromatic N) is 1. The van der Waals surface area contributed by atoms with E-state index in [2.05, 4.69) is 0 Å². The van der Waals surface area contributed by atoms with Crippen molar-refractivity contribution in [2.45, 2.75) is 45.9 Å². The third-order valence-corrected chi connectivity index (χ3v) is 6.79. The van der Waals surface area contributed by atoms with Crippen molar-refractivity contribution in [3.05, 3.63) is 94.6 Å². The number of hydrogen-bond acceptors (Lipinski definition) is 6. The zero-order valence-electron chi connectivity index (χ0n) is 21.8. The highest BCUT2D eigenvalue weighted by molar-refractivity contribution is 6.46. The molecule has 7 heteroatoms. The van der Waals surface area contributed by atoms with Gasteiger partial charge in [0.05, 0.1) is 24.8 Å². The van der Waals surface area contributed by atoms with Crippen LogP contribution in [-0.2, 0) is 22.6 Å². The smallest absolute Gasteiger partial charge is 0.295 e. The average Bonchev–Trinajstić information content (AvgIpc) is 3.41. The molecule has 0 saturated carbocycles. The van der Waals surface area contributed by atoms with Gasteiger partial charge in [-0.05, 0) is 67.8 Å². The minimum absolute atomic E-state index is 0.0414. The lowest BCUT2D eigenvalue weighted by molar-refractivity contribution is -0.140. The van der Waals surface area contributed by atoms with Gasteiger partial charge in [-0.25, -0.2) is 0 Å². The minimum atomic E-state index is -0.812. The van der Waals surface area contributed by atoms with Crippen molar-refractivity contribution in [1.82, 2.24) is 4.90 Å². The largest absolute Gasteiger partial charge is 0.507 e. The van der Waals surface area contributed by atoms with Crippen LogP contribution >= 0.6 is 0 Å². The third kappa shape index (κ3) is 4.72. The van der Waals surface area contributed by atoms with Crippen LogP contribution < -0.4 is 14.2 Å². The maximum absolute atomic E-state index is 13.5. The van der Waals surface area contributed by atoms with Crippen LogP contribution in [0.5, 0.6) is 17.2 Å². The number of aliphatic hydroxyl groups excluding tert-OH is 1. The van der Waals surface area contributed by atoms with E-state index in [0.717, 1.165) is 16.9 Å². The number of benzene rings is 3. The van der Waals surface area contributed by atoms with E-state index in [1.807, 2.05) is 63.2 Å². The second-order valence-electron chi connectivity index (χ2n) is 9.44. The van der Waals surface area contributed by atoms with E-state index < -0.39 is 17.7 Å². The number of carbonyl (C=O) groups excluding carboxylic acids is 2. The van der Waals surface area contributed by atoms with Gasteiger partial charge in [-0.15, -0.1) is 0 Å². The van der Waals surface area contributed by atoms with E-state index in [9.17, 15) is 14.7 Å². The number of fused-ring (bicyclic) bond motifs is 1. The van der Waals surface area contributed by atoms with Crippen LogP contribution in [0.25, 0.3) is 5.76 Å². The number of amides is 1. The first kappa shape index (κ1) is 25.4. The molecule has 2 aliphatic rings. The summed E-state index contributed by atoms with van der Waals surface area (Å²) in [4.78, 5) is 28.4. The quantitative estimate of drug-likeness (QED) is 0.246. The van der Waals surface area contributed by atoms with Crippen LogP contribution in [0.2, 0.25) is 0 Å². The highest BCUT2D eigenvalue weighted by Gasteiger charge is 2.46. The molecule has 38 heavy (non-hydrogen) atoms. The molecule has 1 N–H and O–H groups in total. The first-order valence-electron chi connectivity index (χ1n) is 12.9. The van der Waals surface area contributed by atoms with Crippen LogP contribution in [0.3, 0.4) is 0 Å². The van der Waals surface area contributed by atoms with E-state index >= 15 is 0 Å². The lowest BCUT2D eigenvalue weighted by Crippen LogP contribution is -2.29. The zero-order valence-corrected chi connectivity index (χ0v) is 21.8. The minimum Gasteiger partial charge on any atom is -0.507 e. The van der Waals surface area contributed by atoms with E-state index in [4.69, 9.17) is 14.2 Å². The molecule has 2 aliphatic heterocycles. The van der Waals surface area contributed by atoms with Gasteiger partial charge in [0.2, 0.25) is 0 Å². The van der Waals surface area contributed by atoms with Gasteiger partial charge in [-0.1, -0.05) is 36.4 Å². The number of rotatable bonds is 8. The summed E-state index contributed by atoms with van der Waals surface area (Å²) in [5.74, 6) is 0.263. The predicted octanol–water partition coefficient (Wildman–Crippen LogP) is 5.43. The maximum Gasteiger partial charge on any atom is 0.295 e. The standard InChI is InChI=1S/C31H31NO6/c1-4-36-25-14-11-21(17-26(25)37-5-2)28-27(29(33)22-12-13-24-23(16-22)15-19(3)38-24)30(34)31(35)32(28)18-20-9-7-6-8-10-20/h6-14,16-17,19,28,33H,4-5,15,18H2,1-3H3/t19-,28+/m1/s1. The Morgan fingerprint density at radius 3 is 2.45 bits per heavy atom. The fourth-order valence-electron chi connectivity index (χ4n) is 5.13. The van der Waals surface area contributed by atoms with Gasteiger partial charge in [0, 0.05) is 18.5 Å². The van der Waals surface area contributed by atoms with Gasteiger partial charge in [-0.2, -0.15) is 0 Å². The average molecular weight is 514 g/mol. The molecule has 2 heterocycles. The second-order valence-corrected chi connectivity index (χ2v) is 9.44. The number of ketones is 1. The van der Waals surface area contributed by atoms with Crippen molar-refractivity contribution in [3.63, 3.8) is 0 Å². The van der Waals surface area contributed by atoms with Gasteiger partial charge in [0.25, 0.3) is 11.7 Å². The molecule has 1 fully saturated rings. The highest BCUT2D eigenvalue weighted by Crippen LogP contribution is 2.43. The summed E-state index contributed by atoms with van der Waals surface area (Å²) in [7, 11) is 0. The van der Waals surface area contributed by atoms with Gasteiger partial charge in [0.1, 0.15) is 17.6 Å². The molecule has 1 amide bonds. The Kier molecular flexibility index (Phi) is 7.09. The van der Waals surface area contributed by atoms with Gasteiger partial charge < -0.3 is 24.2 Å². The first-order chi connectivity index (χ1) is 18.4. The Morgan fingerprint density at radius 2 is 1.71 bits per heavy atom. The summed E-state index contributed by atoms with van der Waals surface area (Å²) in [5.41, 5.74) is 2.99. The fourth-order valence-corrected chi connectivity index (χ4v) is 5.13.